The van der Waals surface area contributed by atoms with E-state index in [4.69, 9.17) is 0 Å². The third-order valence-corrected chi connectivity index (χ3v) is 3.46. The molecule has 1 aliphatic heterocycles. The van der Waals surface area contributed by atoms with Crippen molar-refractivity contribution >= 4 is 27.3 Å². The zero-order valence-corrected chi connectivity index (χ0v) is 7.98. The lowest BCUT2D eigenvalue weighted by molar-refractivity contribution is 1.38. The summed E-state index contributed by atoms with van der Waals surface area (Å²) in [6.45, 7) is 2.12. The van der Waals surface area contributed by atoms with E-state index in [1.807, 2.05) is 12.4 Å². The molecular formula is C10H8N2S. The van der Waals surface area contributed by atoms with Gasteiger partial charge in [0.1, 0.15) is 0 Å². The SMILES string of the molecule is Cc1ccnc2cc(C3=CN3)sc12. The number of nitrogens with one attached hydrogen (secondary N) is 1. The molecule has 64 valence electrons. The second kappa shape index (κ2) is 2.33. The van der Waals surface area contributed by atoms with E-state index in [9.17, 15) is 0 Å². The first-order chi connectivity index (χ1) is 6.34. The predicted octanol–water partition coefficient (Wildman–Crippen LogP) is 2.51. The second-order valence-electron chi connectivity index (χ2n) is 3.16. The number of pyridine rings is 1. The van der Waals surface area contributed by atoms with Crippen LogP contribution in [0.4, 0.5) is 0 Å². The number of hydrogen-bond acceptors (Lipinski definition) is 3. The Labute approximate surface area is 79.9 Å². The van der Waals surface area contributed by atoms with Gasteiger partial charge >= 0.3 is 0 Å². The van der Waals surface area contributed by atoms with E-state index in [1.165, 1.54) is 20.8 Å². The molecule has 3 heteroatoms. The van der Waals surface area contributed by atoms with Gasteiger partial charge < -0.3 is 5.32 Å². The van der Waals surface area contributed by atoms with Gasteiger partial charge in [-0.05, 0) is 24.6 Å². The van der Waals surface area contributed by atoms with E-state index >= 15 is 0 Å². The molecule has 2 nitrogen and oxygen atoms in total. The van der Waals surface area contributed by atoms with Gasteiger partial charge in [0.15, 0.2) is 0 Å². The zero-order valence-electron chi connectivity index (χ0n) is 7.16. The molecule has 2 aromatic rings. The number of rotatable bonds is 1. The fourth-order valence-electron chi connectivity index (χ4n) is 1.38. The van der Waals surface area contributed by atoms with Crippen LogP contribution in [0.15, 0.2) is 24.5 Å². The van der Waals surface area contributed by atoms with Crippen molar-refractivity contribution in [2.75, 3.05) is 0 Å². The Kier molecular flexibility index (Phi) is 1.27. The molecule has 1 N–H and O–H groups in total. The molecule has 0 aliphatic carbocycles. The molecule has 3 rings (SSSR count). The van der Waals surface area contributed by atoms with Crippen LogP contribution in [0.2, 0.25) is 0 Å². The molecule has 13 heavy (non-hydrogen) atoms. The van der Waals surface area contributed by atoms with Gasteiger partial charge in [0.25, 0.3) is 0 Å². The van der Waals surface area contributed by atoms with Crippen LogP contribution >= 0.6 is 11.3 Å². The predicted molar refractivity (Wildman–Crippen MR) is 55.5 cm³/mol. The van der Waals surface area contributed by atoms with Crippen molar-refractivity contribution in [1.29, 1.82) is 0 Å². The standard InChI is InChI=1S/C10H8N2S/c1-6-2-3-11-7-4-9(8-5-12-8)13-10(6)7/h2-5,12H,1H3. The van der Waals surface area contributed by atoms with Crippen LogP contribution in [0.25, 0.3) is 15.9 Å². The minimum Gasteiger partial charge on any atom is -0.357 e. The average Bonchev–Trinajstić information content (AvgIpc) is 2.87. The zero-order chi connectivity index (χ0) is 8.84. The van der Waals surface area contributed by atoms with Crippen molar-refractivity contribution in [3.63, 3.8) is 0 Å². The van der Waals surface area contributed by atoms with Crippen LogP contribution in [-0.4, -0.2) is 4.98 Å². The Morgan fingerprint density at radius 3 is 3.00 bits per heavy atom. The number of fused-ring (bicyclic) bond motifs is 1. The highest BCUT2D eigenvalue weighted by atomic mass is 32.1. The quantitative estimate of drug-likeness (QED) is 0.746. The molecule has 0 fully saturated rings. The van der Waals surface area contributed by atoms with Crippen molar-refractivity contribution in [3.05, 3.63) is 35.0 Å². The molecule has 0 atom stereocenters. The topological polar surface area (TPSA) is 34.8 Å². The van der Waals surface area contributed by atoms with Crippen LogP contribution in [0.1, 0.15) is 10.4 Å². The van der Waals surface area contributed by atoms with Crippen molar-refractivity contribution in [1.82, 2.24) is 10.3 Å². The maximum atomic E-state index is 4.33. The first kappa shape index (κ1) is 7.09. The molecule has 3 heterocycles. The summed E-state index contributed by atoms with van der Waals surface area (Å²) in [6, 6.07) is 4.19. The van der Waals surface area contributed by atoms with Crippen LogP contribution in [0.5, 0.6) is 0 Å². The van der Waals surface area contributed by atoms with E-state index < -0.39 is 0 Å². The average molecular weight is 188 g/mol. The molecule has 0 bridgehead atoms. The summed E-state index contributed by atoms with van der Waals surface area (Å²) in [7, 11) is 0. The number of thiophene rings is 1. The molecule has 0 saturated heterocycles. The van der Waals surface area contributed by atoms with E-state index in [0.29, 0.717) is 0 Å². The summed E-state index contributed by atoms with van der Waals surface area (Å²) >= 11 is 1.80. The van der Waals surface area contributed by atoms with Crippen LogP contribution in [-0.2, 0) is 0 Å². The van der Waals surface area contributed by atoms with Crippen LogP contribution in [0.3, 0.4) is 0 Å². The van der Waals surface area contributed by atoms with Crippen molar-refractivity contribution in [2.45, 2.75) is 6.92 Å². The lowest BCUT2D eigenvalue weighted by Gasteiger charge is -1.90. The number of nitrogens with zero attached hydrogens (tertiary/aromatic N) is 1. The third kappa shape index (κ3) is 1.04. The van der Waals surface area contributed by atoms with E-state index in [-0.39, 0.29) is 0 Å². The lowest BCUT2D eigenvalue weighted by atomic mass is 10.2. The van der Waals surface area contributed by atoms with E-state index in [2.05, 4.69) is 29.4 Å². The number of hydrogen-bond donors (Lipinski definition) is 1. The molecule has 0 saturated carbocycles. The molecule has 0 unspecified atom stereocenters. The lowest BCUT2D eigenvalue weighted by Crippen LogP contribution is -1.74. The molecule has 0 amide bonds. The van der Waals surface area contributed by atoms with Gasteiger partial charge in [-0.25, -0.2) is 0 Å². The van der Waals surface area contributed by atoms with Gasteiger partial charge in [-0.2, -0.15) is 0 Å². The minimum atomic E-state index is 1.11. The summed E-state index contributed by atoms with van der Waals surface area (Å²) in [4.78, 5) is 5.62. The molecular weight excluding hydrogens is 180 g/mol. The van der Waals surface area contributed by atoms with Crippen LogP contribution in [0, 0.1) is 6.92 Å². The first-order valence-corrected chi connectivity index (χ1v) is 4.98. The molecule has 0 spiro atoms. The second-order valence-corrected chi connectivity index (χ2v) is 4.21. The number of aromatic nitrogens is 1. The Balaban J connectivity index is 2.32. The van der Waals surface area contributed by atoms with Crippen molar-refractivity contribution < 1.29 is 0 Å². The highest BCUT2D eigenvalue weighted by Crippen LogP contribution is 2.32. The number of aryl methyl sites for hydroxylation is 1. The Hall–Kier alpha value is -1.35. The minimum absolute atomic E-state index is 1.11. The fraction of sp³-hybridized carbons (Fsp3) is 0.100. The van der Waals surface area contributed by atoms with Gasteiger partial charge in [-0.15, -0.1) is 11.3 Å². The van der Waals surface area contributed by atoms with Gasteiger partial charge in [-0.1, -0.05) is 0 Å². The summed E-state index contributed by atoms with van der Waals surface area (Å²) in [5.74, 6) is 0. The summed E-state index contributed by atoms with van der Waals surface area (Å²) in [5.41, 5.74) is 3.65. The molecule has 2 aromatic heterocycles. The monoisotopic (exact) mass is 188 g/mol. The fourth-order valence-corrected chi connectivity index (χ4v) is 2.44. The molecule has 0 aromatic carbocycles. The van der Waals surface area contributed by atoms with E-state index in [1.54, 1.807) is 11.3 Å². The van der Waals surface area contributed by atoms with Gasteiger partial charge in [0.05, 0.1) is 20.8 Å². The Bertz CT molecular complexity index is 511. The normalized spacial score (nSPS) is 14.1. The molecule has 0 radical (unpaired) electrons. The highest BCUT2D eigenvalue weighted by molar-refractivity contribution is 7.20. The maximum absolute atomic E-state index is 4.33. The Morgan fingerprint density at radius 1 is 1.46 bits per heavy atom. The van der Waals surface area contributed by atoms with Gasteiger partial charge in [0, 0.05) is 12.4 Å². The first-order valence-electron chi connectivity index (χ1n) is 4.17. The summed E-state index contributed by atoms with van der Waals surface area (Å²) < 4.78 is 1.30. The summed E-state index contributed by atoms with van der Waals surface area (Å²) in [6.07, 6.45) is 3.88. The maximum Gasteiger partial charge on any atom is 0.0819 e. The largest absolute Gasteiger partial charge is 0.357 e. The highest BCUT2D eigenvalue weighted by Gasteiger charge is 2.13. The Morgan fingerprint density at radius 2 is 2.31 bits per heavy atom. The van der Waals surface area contributed by atoms with Crippen molar-refractivity contribution in [2.24, 2.45) is 0 Å². The smallest absolute Gasteiger partial charge is 0.0819 e. The summed E-state index contributed by atoms with van der Waals surface area (Å²) in [5, 5.41) is 3.11. The third-order valence-electron chi connectivity index (χ3n) is 2.16. The van der Waals surface area contributed by atoms with Gasteiger partial charge in [0.2, 0.25) is 0 Å². The van der Waals surface area contributed by atoms with Crippen molar-refractivity contribution in [3.8, 4) is 0 Å². The molecule has 1 aliphatic rings. The van der Waals surface area contributed by atoms with Gasteiger partial charge in [-0.3, -0.25) is 4.98 Å². The van der Waals surface area contributed by atoms with E-state index in [0.717, 1.165) is 5.52 Å². The van der Waals surface area contributed by atoms with Crippen LogP contribution < -0.4 is 5.32 Å².